The Bertz CT molecular complexity index is 6610. The Morgan fingerprint density at radius 1 is 0.409 bits per heavy atom. The number of carbonyl (C=O) groups is 3. The highest BCUT2D eigenvalue weighted by atomic mass is 31.2. The fraction of sp³-hybridized carbons (Fsp3) is 0.414. The van der Waals surface area contributed by atoms with Gasteiger partial charge in [0, 0.05) is 66.6 Å². The highest BCUT2D eigenvalue weighted by Gasteiger charge is 2.69. The fourth-order valence-electron chi connectivity index (χ4n) is 24.4. The number of nitrogens with zero attached hydrogens (tertiary/aromatic N) is 13. The maximum Gasteiger partial charge on any atom is 0.351 e. The third-order valence-electron chi connectivity index (χ3n) is 33.0. The van der Waals surface area contributed by atoms with Gasteiger partial charge in [0.25, 0.3) is 37.4 Å². The molecular formula is C111H127N16O16P3Si3. The highest BCUT2D eigenvalue weighted by molar-refractivity contribution is 7.45. The van der Waals surface area contributed by atoms with Crippen LogP contribution in [-0.2, 0) is 60.4 Å². The number of benzene rings is 8. The SMILES string of the molecule is CC[C@]12CO[C@@H](C1O[P@@]1O[C@H](C[Si](C)(c3ccccc3)c3ccccc3)[C@@H]3CCCN31)[C@H](n1cc(C)c(NC(=O)C(C)C)nc1=O)O2.CC[C@]12CO[C@@H](C1O[P@@]1O[C@H](C[Si](C)(c3ccccc3)c3ccccc3)[C@@H]3CCCN31)[C@H](n1cnc3c(NC(=O)c4ccccc4)ncnc31)O2.CC[C@]12CO[C@@H](C1O[P@]1O[C@@H](C[Si](C)(c3ccccc3)c3ccccc3)[C@H]3CCCN31)[C@H](n1cnc3c(NC(=O)c4ccccc4)ncnc31)O2. The summed E-state index contributed by atoms with van der Waals surface area (Å²) in [5, 5.41) is 17.1. The predicted octanol–water partition coefficient (Wildman–Crippen LogP) is 15.6. The maximum absolute atomic E-state index is 13.3. The quantitative estimate of drug-likeness (QED) is 0.0278. The van der Waals surface area contributed by atoms with Crippen molar-refractivity contribution < 1.29 is 69.9 Å². The van der Waals surface area contributed by atoms with Gasteiger partial charge in [-0.25, -0.2) is 48.7 Å². The van der Waals surface area contributed by atoms with Crippen molar-refractivity contribution in [1.82, 2.24) is 62.6 Å². The number of imidazole rings is 2. The van der Waals surface area contributed by atoms with Gasteiger partial charge in [-0.3, -0.25) is 28.1 Å². The van der Waals surface area contributed by atoms with E-state index in [4.69, 9.17) is 55.6 Å². The third kappa shape index (κ3) is 19.0. The Morgan fingerprint density at radius 2 is 0.711 bits per heavy atom. The van der Waals surface area contributed by atoms with Gasteiger partial charge in [-0.05, 0) is 107 Å². The van der Waals surface area contributed by atoms with Crippen LogP contribution in [0.5, 0.6) is 0 Å². The first-order chi connectivity index (χ1) is 72.6. The van der Waals surface area contributed by atoms with E-state index in [0.29, 0.717) is 108 Å². The van der Waals surface area contributed by atoms with E-state index < -0.39 is 103 Å². The number of aryl methyl sites for hydroxylation is 1. The number of hydrogen-bond donors (Lipinski definition) is 3. The standard InChI is InChI=1S/2C38H41N6O5PSi.C35H45N4O6PSi/c2*1-3-38-23-46-32(37(47-38)43-25-41-31-34(39-24-40-35(31)43)42-36(45)26-14-7-4-8-15-26)33(38)49-50-44-21-13-20-29(44)30(48-50)22-51(2,27-16-9-5-10-17-27)28-18-11-6-12-19-28;1-6-35-22-42-29(33(43-35)38-20-24(4)31(37-34(38)41)36-32(40)23(2)3)30(35)45-46-39-19-13-18-27(39)28(44-46)21-47(5,25-14-9-7-10-15-25)26-16-11-8-12-17-26/h2*4-12,14-19,24-25,29-30,32-33,37H,3,13,20-23H2,1-2H3,(H,39,40,42,45);7-12,14-17,20,23,27-30,33H,6,13,18-19,21-22H2,1-5H3,(H,36,37,40,41)/t29-,30+,32+,33?,37-,38+,50+;29-,30+,32-,33?,37+,38-,50+;27-,28+,29-,30?,33+,35-,46+/m100/s1. The van der Waals surface area contributed by atoms with Crippen LogP contribution in [0, 0.1) is 12.8 Å². The molecular weight excluding hydrogens is 1990 g/mol. The molecule has 5 aromatic heterocycles. The Kier molecular flexibility index (Phi) is 29.0. The molecule has 12 aliphatic rings. The van der Waals surface area contributed by atoms with Crippen LogP contribution in [-0.4, -0.2) is 234 Å². The van der Waals surface area contributed by atoms with Gasteiger partial charge in [-0.15, -0.1) is 0 Å². The Hall–Kier alpha value is -10.5. The molecule has 12 aliphatic heterocycles. The number of rotatable bonds is 30. The minimum absolute atomic E-state index is 0.0537. The zero-order valence-electron chi connectivity index (χ0n) is 85.1. The van der Waals surface area contributed by atoms with E-state index >= 15 is 0 Å². The molecule has 12 fully saturated rings. The third-order valence-corrected chi connectivity index (χ3v) is 51.6. The van der Waals surface area contributed by atoms with Gasteiger partial charge >= 0.3 is 5.69 Å². The Balaban J connectivity index is 0.000000123. The normalized spacial score (nSPS) is 29.2. The molecule has 8 aromatic carbocycles. The first-order valence-corrected chi connectivity index (χ1v) is 64.0. The largest absolute Gasteiger partial charge is 0.368 e. The molecule has 25 rings (SSSR count). The zero-order chi connectivity index (χ0) is 102. The first-order valence-electron chi connectivity index (χ1n) is 52.5. The van der Waals surface area contributed by atoms with Crippen molar-refractivity contribution in [2.75, 3.05) is 55.4 Å². The van der Waals surface area contributed by atoms with Crippen LogP contribution in [0.3, 0.4) is 0 Å². The van der Waals surface area contributed by atoms with E-state index in [1.165, 1.54) is 48.3 Å². The minimum atomic E-state index is -2.14. The maximum atomic E-state index is 13.3. The summed E-state index contributed by atoms with van der Waals surface area (Å²) < 4.78 is 94.6. The van der Waals surface area contributed by atoms with Crippen molar-refractivity contribution in [2.45, 2.75) is 246 Å². The van der Waals surface area contributed by atoms with Crippen molar-refractivity contribution in [2.24, 2.45) is 5.92 Å². The van der Waals surface area contributed by atoms with Crippen LogP contribution < -0.4 is 52.8 Å². The molecule has 0 saturated carbocycles. The number of ether oxygens (including phenoxy) is 6. The van der Waals surface area contributed by atoms with Crippen molar-refractivity contribution in [1.29, 1.82) is 0 Å². The molecule has 6 bridgehead atoms. The molecule has 0 aliphatic carbocycles. The fourth-order valence-corrected chi connectivity index (χ4v) is 42.4. The van der Waals surface area contributed by atoms with Crippen molar-refractivity contribution in [3.05, 3.63) is 301 Å². The second-order valence-electron chi connectivity index (χ2n) is 42.1. The second-order valence-corrected chi connectivity index (χ2v) is 59.0. The van der Waals surface area contributed by atoms with E-state index in [2.05, 4.69) is 287 Å². The van der Waals surface area contributed by atoms with E-state index in [1.807, 2.05) is 52.5 Å². The van der Waals surface area contributed by atoms with Crippen LogP contribution >= 0.6 is 25.6 Å². The van der Waals surface area contributed by atoms with Crippen molar-refractivity contribution in [3.63, 3.8) is 0 Å². The molecule has 0 radical (unpaired) electrons. The van der Waals surface area contributed by atoms with Crippen LogP contribution in [0.1, 0.15) is 137 Å². The van der Waals surface area contributed by atoms with E-state index in [-0.39, 0.29) is 72.2 Å². The van der Waals surface area contributed by atoms with Gasteiger partial charge < -0.3 is 71.5 Å². The number of amides is 3. The summed E-state index contributed by atoms with van der Waals surface area (Å²) in [5.41, 5.74) is 1.30. The van der Waals surface area contributed by atoms with Crippen LogP contribution in [0.25, 0.3) is 22.3 Å². The lowest BCUT2D eigenvalue weighted by Crippen LogP contribution is -2.58. The lowest BCUT2D eigenvalue weighted by Gasteiger charge is -2.32. The van der Waals surface area contributed by atoms with Crippen molar-refractivity contribution >= 4 is 138 Å². The Morgan fingerprint density at radius 3 is 1.01 bits per heavy atom. The molecule has 3 unspecified atom stereocenters. The predicted molar refractivity (Wildman–Crippen MR) is 580 cm³/mol. The van der Waals surface area contributed by atoms with Gasteiger partial charge in [-0.2, -0.15) is 4.98 Å². The minimum Gasteiger partial charge on any atom is -0.368 e. The van der Waals surface area contributed by atoms with Crippen LogP contribution in [0.4, 0.5) is 17.5 Å². The monoisotopic (exact) mass is 2120 g/mol. The summed E-state index contributed by atoms with van der Waals surface area (Å²) in [5.74, 6) is -0.0149. The highest BCUT2D eigenvalue weighted by Crippen LogP contribution is 2.66. The van der Waals surface area contributed by atoms with E-state index in [9.17, 15) is 19.2 Å². The lowest BCUT2D eigenvalue weighted by atomic mass is 9.96. The summed E-state index contributed by atoms with van der Waals surface area (Å²) in [6.07, 6.45) is 12.8. The number of fused-ring (bicyclic) bond motifs is 11. The van der Waals surface area contributed by atoms with Gasteiger partial charge in [0.05, 0.1) is 50.8 Å². The average Bonchev–Trinajstić information content (AvgIpc) is 1.56. The lowest BCUT2D eigenvalue weighted by molar-refractivity contribution is -0.175. The summed E-state index contributed by atoms with van der Waals surface area (Å²) in [4.78, 5) is 82.8. The average molecular weight is 2120 g/mol. The van der Waals surface area contributed by atoms with Gasteiger partial charge in [0.15, 0.2) is 52.6 Å². The van der Waals surface area contributed by atoms with E-state index in [1.54, 1.807) is 57.0 Å². The second kappa shape index (κ2) is 42.5. The van der Waals surface area contributed by atoms with Gasteiger partial charge in [0.2, 0.25) is 5.91 Å². The molecule has 3 N–H and O–H groups in total. The molecule has 774 valence electrons. The molecule has 3 amide bonds. The molecule has 0 spiro atoms. The summed E-state index contributed by atoms with van der Waals surface area (Å²) in [6.45, 7) is 23.3. The molecule has 149 heavy (non-hydrogen) atoms. The number of aromatic nitrogens is 10. The number of carbonyl (C=O) groups excluding carboxylic acids is 3. The molecule has 38 heteroatoms. The number of hydrogen-bond acceptors (Lipinski definition) is 26. The summed E-state index contributed by atoms with van der Waals surface area (Å²) in [7, 11) is -10.4. The van der Waals surface area contributed by atoms with Crippen LogP contribution in [0.15, 0.2) is 279 Å². The summed E-state index contributed by atoms with van der Waals surface area (Å²) >= 11 is 0. The zero-order valence-corrected chi connectivity index (χ0v) is 90.8. The van der Waals surface area contributed by atoms with Gasteiger partial charge in [-0.1, -0.05) is 304 Å². The first kappa shape index (κ1) is 102. The van der Waals surface area contributed by atoms with E-state index in [0.717, 1.165) is 76.3 Å². The molecule has 32 nitrogen and oxygen atoms in total. The molecule has 13 aromatic rings. The van der Waals surface area contributed by atoms with Crippen LogP contribution in [0.2, 0.25) is 37.8 Å². The van der Waals surface area contributed by atoms with Crippen molar-refractivity contribution in [3.8, 4) is 0 Å². The number of nitrogens with one attached hydrogen (secondary N) is 3. The molecule has 21 atom stereocenters. The number of anilines is 3. The molecule has 12 saturated heterocycles. The topological polar surface area (TPSA) is 330 Å². The summed E-state index contributed by atoms with van der Waals surface area (Å²) in [6, 6.07) is 87.8. The smallest absolute Gasteiger partial charge is 0.351 e. The Labute approximate surface area is 873 Å². The van der Waals surface area contributed by atoms with Gasteiger partial charge in [0.1, 0.15) is 96.1 Å². The molecule has 17 heterocycles.